The van der Waals surface area contributed by atoms with Crippen LogP contribution >= 0.6 is 0 Å². The van der Waals surface area contributed by atoms with E-state index in [1.807, 2.05) is 0 Å². The number of nitro benzene ring substituents is 1. The second-order valence-electron chi connectivity index (χ2n) is 3.50. The molecule has 6 nitrogen and oxygen atoms in total. The zero-order valence-corrected chi connectivity index (χ0v) is 10.1. The van der Waals surface area contributed by atoms with Crippen molar-refractivity contribution in [2.75, 3.05) is 7.11 Å². The summed E-state index contributed by atoms with van der Waals surface area (Å²) in [7, 11) is 1.22. The first-order valence-corrected chi connectivity index (χ1v) is 5.11. The maximum Gasteiger partial charge on any atom is 0.351 e. The molecule has 0 aliphatic rings. The highest BCUT2D eigenvalue weighted by Gasteiger charge is 2.19. The number of carbonyl (C=O) groups is 1. The highest BCUT2D eigenvalue weighted by atomic mass is 16.6. The van der Waals surface area contributed by atoms with E-state index in [4.69, 9.17) is 4.74 Å². The highest BCUT2D eigenvalue weighted by molar-refractivity contribution is 5.77. The SMILES string of the molecule is C=CC(Oc1ccc(C)c([N+](=O)[O-])c1)C(=O)OC. The molecule has 1 atom stereocenters. The Labute approximate surface area is 104 Å². The first kappa shape index (κ1) is 13.7. The van der Waals surface area contributed by atoms with Gasteiger partial charge in [-0.2, -0.15) is 0 Å². The predicted molar refractivity (Wildman–Crippen MR) is 64.5 cm³/mol. The van der Waals surface area contributed by atoms with Gasteiger partial charge in [0.25, 0.3) is 5.69 Å². The Balaban J connectivity index is 2.97. The first-order chi connectivity index (χ1) is 8.49. The fourth-order valence-electron chi connectivity index (χ4n) is 1.31. The van der Waals surface area contributed by atoms with Crippen LogP contribution < -0.4 is 4.74 Å². The van der Waals surface area contributed by atoms with E-state index in [0.29, 0.717) is 5.56 Å². The molecule has 18 heavy (non-hydrogen) atoms. The third kappa shape index (κ3) is 3.07. The van der Waals surface area contributed by atoms with E-state index in [0.717, 1.165) is 0 Å². The van der Waals surface area contributed by atoms with Gasteiger partial charge in [0, 0.05) is 5.56 Å². The van der Waals surface area contributed by atoms with Crippen molar-refractivity contribution in [3.8, 4) is 5.75 Å². The third-order valence-corrected chi connectivity index (χ3v) is 2.29. The van der Waals surface area contributed by atoms with Crippen LogP contribution in [0.3, 0.4) is 0 Å². The van der Waals surface area contributed by atoms with Crippen molar-refractivity contribution in [3.63, 3.8) is 0 Å². The standard InChI is InChI=1S/C12H13NO5/c1-4-11(12(14)17-3)18-9-6-5-8(2)10(7-9)13(15)16/h4-7,11H,1H2,2-3H3. The quantitative estimate of drug-likeness (QED) is 0.346. The molecule has 1 aromatic carbocycles. The molecule has 0 spiro atoms. The van der Waals surface area contributed by atoms with Gasteiger partial charge in [0.15, 0.2) is 0 Å². The Hall–Kier alpha value is -2.37. The lowest BCUT2D eigenvalue weighted by molar-refractivity contribution is -0.385. The van der Waals surface area contributed by atoms with Crippen molar-refractivity contribution in [3.05, 3.63) is 46.5 Å². The Bertz CT molecular complexity index is 483. The summed E-state index contributed by atoms with van der Waals surface area (Å²) in [5, 5.41) is 10.8. The van der Waals surface area contributed by atoms with Crippen LogP contribution in [-0.2, 0) is 9.53 Å². The average molecular weight is 251 g/mol. The lowest BCUT2D eigenvalue weighted by atomic mass is 10.2. The van der Waals surface area contributed by atoms with E-state index < -0.39 is 17.0 Å². The molecule has 96 valence electrons. The molecule has 0 saturated carbocycles. The fourth-order valence-corrected chi connectivity index (χ4v) is 1.31. The van der Waals surface area contributed by atoms with Crippen LogP contribution in [0.5, 0.6) is 5.75 Å². The van der Waals surface area contributed by atoms with Gasteiger partial charge in [-0.05, 0) is 25.1 Å². The van der Waals surface area contributed by atoms with Crippen LogP contribution in [0.15, 0.2) is 30.9 Å². The summed E-state index contributed by atoms with van der Waals surface area (Å²) in [6, 6.07) is 4.35. The van der Waals surface area contributed by atoms with Crippen LogP contribution in [0.2, 0.25) is 0 Å². The second-order valence-corrected chi connectivity index (χ2v) is 3.50. The number of hydrogen-bond donors (Lipinski definition) is 0. The van der Waals surface area contributed by atoms with Gasteiger partial charge >= 0.3 is 5.97 Å². The molecular weight excluding hydrogens is 238 g/mol. The smallest absolute Gasteiger partial charge is 0.351 e. The molecule has 6 heteroatoms. The molecule has 0 fully saturated rings. The second kappa shape index (κ2) is 5.81. The predicted octanol–water partition coefficient (Wildman–Crippen LogP) is 2.01. The molecule has 0 N–H and O–H groups in total. The lowest BCUT2D eigenvalue weighted by Crippen LogP contribution is -2.26. The molecule has 0 saturated heterocycles. The molecule has 0 bridgehead atoms. The van der Waals surface area contributed by atoms with E-state index in [1.165, 1.54) is 19.3 Å². The van der Waals surface area contributed by atoms with Crippen molar-refractivity contribution in [2.45, 2.75) is 13.0 Å². The Morgan fingerprint density at radius 2 is 2.22 bits per heavy atom. The van der Waals surface area contributed by atoms with E-state index in [9.17, 15) is 14.9 Å². The number of carbonyl (C=O) groups excluding carboxylic acids is 1. The maximum absolute atomic E-state index is 11.3. The molecule has 1 unspecified atom stereocenters. The van der Waals surface area contributed by atoms with Crippen molar-refractivity contribution >= 4 is 11.7 Å². The van der Waals surface area contributed by atoms with Crippen LogP contribution in [0, 0.1) is 17.0 Å². The van der Waals surface area contributed by atoms with Crippen LogP contribution in [0.4, 0.5) is 5.69 Å². The van der Waals surface area contributed by atoms with Gasteiger partial charge in [0.05, 0.1) is 18.1 Å². The molecule has 0 aliphatic carbocycles. The summed E-state index contributed by atoms with van der Waals surface area (Å²) in [6.07, 6.45) is 0.273. The van der Waals surface area contributed by atoms with Crippen LogP contribution in [-0.4, -0.2) is 24.1 Å². The summed E-state index contributed by atoms with van der Waals surface area (Å²) in [5.74, 6) is -0.407. The zero-order chi connectivity index (χ0) is 13.7. The highest BCUT2D eigenvalue weighted by Crippen LogP contribution is 2.24. The summed E-state index contributed by atoms with van der Waals surface area (Å²) >= 11 is 0. The molecule has 0 aromatic heterocycles. The molecule has 1 aromatic rings. The molecule has 0 aliphatic heterocycles. The number of aryl methyl sites for hydroxylation is 1. The van der Waals surface area contributed by atoms with Gasteiger partial charge in [-0.25, -0.2) is 4.79 Å². The Morgan fingerprint density at radius 3 is 2.72 bits per heavy atom. The van der Waals surface area contributed by atoms with Gasteiger partial charge in [-0.15, -0.1) is 0 Å². The van der Waals surface area contributed by atoms with Crippen molar-refractivity contribution < 1.29 is 19.2 Å². The fraction of sp³-hybridized carbons (Fsp3) is 0.250. The summed E-state index contributed by atoms with van der Waals surface area (Å²) in [6.45, 7) is 5.06. The zero-order valence-electron chi connectivity index (χ0n) is 10.1. The Kier molecular flexibility index (Phi) is 4.42. The average Bonchev–Trinajstić information content (AvgIpc) is 2.36. The minimum absolute atomic E-state index is 0.0693. The van der Waals surface area contributed by atoms with Gasteiger partial charge in [0.2, 0.25) is 6.10 Å². The maximum atomic E-state index is 11.3. The summed E-state index contributed by atoms with van der Waals surface area (Å²) < 4.78 is 9.77. The molecule has 1 rings (SSSR count). The number of benzene rings is 1. The van der Waals surface area contributed by atoms with E-state index in [1.54, 1.807) is 19.1 Å². The third-order valence-electron chi connectivity index (χ3n) is 2.29. The number of ether oxygens (including phenoxy) is 2. The molecule has 0 radical (unpaired) electrons. The molecular formula is C12H13NO5. The van der Waals surface area contributed by atoms with E-state index in [-0.39, 0.29) is 11.4 Å². The van der Waals surface area contributed by atoms with Crippen molar-refractivity contribution in [1.29, 1.82) is 0 Å². The number of nitro groups is 1. The number of hydrogen-bond acceptors (Lipinski definition) is 5. The number of rotatable bonds is 5. The topological polar surface area (TPSA) is 78.7 Å². The van der Waals surface area contributed by atoms with Crippen molar-refractivity contribution in [1.82, 2.24) is 0 Å². The largest absolute Gasteiger partial charge is 0.474 e. The van der Waals surface area contributed by atoms with Crippen LogP contribution in [0.25, 0.3) is 0 Å². The van der Waals surface area contributed by atoms with Gasteiger partial charge in [0.1, 0.15) is 5.75 Å². The molecule has 0 heterocycles. The van der Waals surface area contributed by atoms with Crippen LogP contribution in [0.1, 0.15) is 5.56 Å². The van der Waals surface area contributed by atoms with Crippen molar-refractivity contribution in [2.24, 2.45) is 0 Å². The minimum Gasteiger partial charge on any atom is -0.474 e. The monoisotopic (exact) mass is 251 g/mol. The Morgan fingerprint density at radius 1 is 1.56 bits per heavy atom. The normalized spacial score (nSPS) is 11.4. The van der Waals surface area contributed by atoms with E-state index >= 15 is 0 Å². The van der Waals surface area contributed by atoms with Gasteiger partial charge < -0.3 is 9.47 Å². The lowest BCUT2D eigenvalue weighted by Gasteiger charge is -2.13. The van der Waals surface area contributed by atoms with E-state index in [2.05, 4.69) is 11.3 Å². The van der Waals surface area contributed by atoms with Gasteiger partial charge in [-0.3, -0.25) is 10.1 Å². The number of nitrogens with zero attached hydrogens (tertiary/aromatic N) is 1. The minimum atomic E-state index is -0.989. The van der Waals surface area contributed by atoms with Gasteiger partial charge in [-0.1, -0.05) is 6.58 Å². The molecule has 0 amide bonds. The number of esters is 1. The number of methoxy groups -OCH3 is 1. The summed E-state index contributed by atoms with van der Waals surface area (Å²) in [4.78, 5) is 21.5. The first-order valence-electron chi connectivity index (χ1n) is 5.11. The summed E-state index contributed by atoms with van der Waals surface area (Å²) in [5.41, 5.74) is 0.445.